The molecule has 39 heavy (non-hydrogen) atoms. The van der Waals surface area contributed by atoms with Gasteiger partial charge in [-0.15, -0.1) is 0 Å². The van der Waals surface area contributed by atoms with E-state index in [0.717, 1.165) is 11.8 Å². The lowest BCUT2D eigenvalue weighted by atomic mass is 9.88. The number of nitrogens with one attached hydrogen (secondary N) is 2. The van der Waals surface area contributed by atoms with Gasteiger partial charge in [0, 0.05) is 37.1 Å². The van der Waals surface area contributed by atoms with Crippen LogP contribution < -0.4 is 14.8 Å². The van der Waals surface area contributed by atoms with Crippen molar-refractivity contribution in [3.8, 4) is 5.75 Å². The van der Waals surface area contributed by atoms with Crippen LogP contribution in [0.25, 0.3) is 11.0 Å². The molecule has 3 N–H and O–H groups in total. The molecule has 2 aromatic carbocycles. The summed E-state index contributed by atoms with van der Waals surface area (Å²) in [5.41, 5.74) is 0.258. The predicted molar refractivity (Wildman–Crippen MR) is 143 cm³/mol. The van der Waals surface area contributed by atoms with Crippen LogP contribution in [-0.2, 0) is 24.8 Å². The van der Waals surface area contributed by atoms with E-state index in [0.29, 0.717) is 43.9 Å². The molecule has 0 bridgehead atoms. The number of fused-ring (bicyclic) bond motifs is 1. The molecule has 0 saturated carbocycles. The van der Waals surface area contributed by atoms with Crippen molar-refractivity contribution in [3.63, 3.8) is 0 Å². The third kappa shape index (κ3) is 6.14. The number of sulfonamides is 2. The first-order chi connectivity index (χ1) is 18.6. The average Bonchev–Trinajstić information content (AvgIpc) is 3.58. The van der Waals surface area contributed by atoms with Crippen molar-refractivity contribution in [3.05, 3.63) is 54.8 Å². The Balaban J connectivity index is 1.08. The van der Waals surface area contributed by atoms with E-state index >= 15 is 0 Å². The minimum Gasteiger partial charge on any atom is -0.491 e. The number of hydrogen-bond acceptors (Lipinski definition) is 9. The van der Waals surface area contributed by atoms with E-state index in [-0.39, 0.29) is 34.6 Å². The summed E-state index contributed by atoms with van der Waals surface area (Å²) in [6.45, 7) is 1.48. The van der Waals surface area contributed by atoms with Crippen LogP contribution in [0.4, 0.5) is 0 Å². The molecule has 2 aliphatic heterocycles. The Labute approximate surface area is 228 Å². The van der Waals surface area contributed by atoms with Crippen LogP contribution >= 0.6 is 0 Å². The number of aliphatic hydroxyl groups is 1. The summed E-state index contributed by atoms with van der Waals surface area (Å²) in [6, 6.07) is 12.7. The number of piperidine rings is 1. The molecule has 5 rings (SSSR count). The first-order valence-electron chi connectivity index (χ1n) is 12.8. The molecular formula is C26H33N3O8S2. The standard InChI is InChI=1S/C26H33N3O8S2/c1-27-38(31,32)23-4-2-3-22(14-23)36-18-21(30)16-28-20-15-26(37-17-20)8-10-29(11-9-26)39(33,34)24-5-6-25-19(13-24)7-12-35-25/h2-7,12-14,20-21,27-28,30H,8-11,15-18H2,1H3. The van der Waals surface area contributed by atoms with Crippen LogP contribution in [0.15, 0.2) is 69.0 Å². The van der Waals surface area contributed by atoms with Crippen LogP contribution in [-0.4, -0.2) is 83.9 Å². The summed E-state index contributed by atoms with van der Waals surface area (Å²) < 4.78 is 71.2. The molecule has 0 amide bonds. The maximum Gasteiger partial charge on any atom is 0.243 e. The fourth-order valence-corrected chi connectivity index (χ4v) is 7.36. The SMILES string of the molecule is CNS(=O)(=O)c1cccc(OCC(O)CNC2COC3(CCN(S(=O)(=O)c4ccc5occc5c4)CC3)C2)c1. The number of rotatable bonds is 10. The van der Waals surface area contributed by atoms with Gasteiger partial charge in [-0.25, -0.2) is 21.6 Å². The number of nitrogens with zero attached hydrogens (tertiary/aromatic N) is 1. The Bertz CT molecular complexity index is 1510. The van der Waals surface area contributed by atoms with Crippen molar-refractivity contribution >= 4 is 31.0 Å². The zero-order valence-corrected chi connectivity index (χ0v) is 23.2. The van der Waals surface area contributed by atoms with Gasteiger partial charge in [0.05, 0.1) is 28.3 Å². The van der Waals surface area contributed by atoms with E-state index in [1.807, 2.05) is 0 Å². The molecule has 11 nitrogen and oxygen atoms in total. The van der Waals surface area contributed by atoms with Crippen molar-refractivity contribution < 1.29 is 35.8 Å². The molecule has 2 atom stereocenters. The molecule has 2 aliphatic rings. The second-order valence-corrected chi connectivity index (χ2v) is 13.8. The number of hydrogen-bond donors (Lipinski definition) is 3. The Morgan fingerprint density at radius 3 is 2.67 bits per heavy atom. The van der Waals surface area contributed by atoms with Gasteiger partial charge in [-0.05, 0) is 62.7 Å². The minimum atomic E-state index is -3.62. The van der Waals surface area contributed by atoms with Gasteiger partial charge >= 0.3 is 0 Å². The van der Waals surface area contributed by atoms with E-state index in [4.69, 9.17) is 13.9 Å². The Kier molecular flexibility index (Phi) is 8.02. The molecule has 2 fully saturated rings. The van der Waals surface area contributed by atoms with E-state index in [1.165, 1.54) is 23.5 Å². The second kappa shape index (κ2) is 11.2. The highest BCUT2D eigenvalue weighted by molar-refractivity contribution is 7.89. The van der Waals surface area contributed by atoms with Gasteiger partial charge in [0.2, 0.25) is 20.0 Å². The van der Waals surface area contributed by atoms with Gasteiger partial charge in [0.25, 0.3) is 0 Å². The molecule has 2 unspecified atom stereocenters. The summed E-state index contributed by atoms with van der Waals surface area (Å²) >= 11 is 0. The number of aliphatic hydroxyl groups excluding tert-OH is 1. The molecule has 1 spiro atoms. The van der Waals surface area contributed by atoms with E-state index in [1.54, 1.807) is 42.7 Å². The fraction of sp³-hybridized carbons (Fsp3) is 0.462. The molecule has 0 radical (unpaired) electrons. The Hall–Kier alpha value is -2.52. The number of ether oxygens (including phenoxy) is 2. The lowest BCUT2D eigenvalue weighted by molar-refractivity contribution is -0.0312. The first kappa shape index (κ1) is 28.0. The summed E-state index contributed by atoms with van der Waals surface area (Å²) in [4.78, 5) is 0.340. The van der Waals surface area contributed by atoms with Gasteiger partial charge < -0.3 is 24.3 Å². The van der Waals surface area contributed by atoms with Crippen LogP contribution in [0.1, 0.15) is 19.3 Å². The molecule has 1 aromatic heterocycles. The lowest BCUT2D eigenvalue weighted by Crippen LogP contribution is -2.47. The molecule has 2 saturated heterocycles. The van der Waals surface area contributed by atoms with Crippen molar-refractivity contribution in [1.29, 1.82) is 0 Å². The smallest absolute Gasteiger partial charge is 0.243 e. The van der Waals surface area contributed by atoms with Crippen molar-refractivity contribution in [2.75, 3.05) is 39.9 Å². The zero-order chi connectivity index (χ0) is 27.7. The number of furan rings is 1. The maximum absolute atomic E-state index is 13.2. The van der Waals surface area contributed by atoms with E-state index in [2.05, 4.69) is 10.0 Å². The molecular weight excluding hydrogens is 546 g/mol. The summed E-state index contributed by atoms with van der Waals surface area (Å²) in [5, 5.41) is 14.5. The predicted octanol–water partition coefficient (Wildman–Crippen LogP) is 1.68. The minimum absolute atomic E-state index is 0.00773. The monoisotopic (exact) mass is 579 g/mol. The van der Waals surface area contributed by atoms with Gasteiger partial charge in [-0.3, -0.25) is 0 Å². The van der Waals surface area contributed by atoms with Crippen molar-refractivity contribution in [2.24, 2.45) is 0 Å². The summed E-state index contributed by atoms with van der Waals surface area (Å²) in [7, 11) is -5.87. The van der Waals surface area contributed by atoms with Crippen LogP contribution in [0, 0.1) is 0 Å². The van der Waals surface area contributed by atoms with Gasteiger partial charge in [-0.2, -0.15) is 4.31 Å². The third-order valence-electron chi connectivity index (χ3n) is 7.37. The normalized spacial score (nSPS) is 20.9. The highest BCUT2D eigenvalue weighted by atomic mass is 32.2. The summed E-state index contributed by atoms with van der Waals surface area (Å²) in [5.74, 6) is 0.347. The lowest BCUT2D eigenvalue weighted by Gasteiger charge is -2.38. The van der Waals surface area contributed by atoms with Crippen LogP contribution in [0.5, 0.6) is 5.75 Å². The number of benzene rings is 2. The van der Waals surface area contributed by atoms with E-state index in [9.17, 15) is 21.9 Å². The third-order valence-corrected chi connectivity index (χ3v) is 10.7. The Morgan fingerprint density at radius 1 is 1.10 bits per heavy atom. The van der Waals surface area contributed by atoms with Gasteiger partial charge in [0.15, 0.2) is 0 Å². The molecule has 3 heterocycles. The van der Waals surface area contributed by atoms with Crippen molar-refractivity contribution in [2.45, 2.75) is 46.8 Å². The molecule has 212 valence electrons. The maximum atomic E-state index is 13.2. The quantitative estimate of drug-likeness (QED) is 0.326. The van der Waals surface area contributed by atoms with Crippen LogP contribution in [0.2, 0.25) is 0 Å². The molecule has 3 aromatic rings. The first-order valence-corrected chi connectivity index (χ1v) is 15.7. The topological polar surface area (TPSA) is 147 Å². The van der Waals surface area contributed by atoms with E-state index < -0.39 is 26.2 Å². The largest absolute Gasteiger partial charge is 0.491 e. The summed E-state index contributed by atoms with van der Waals surface area (Å²) in [6.07, 6.45) is 2.63. The molecule has 13 heteroatoms. The highest BCUT2D eigenvalue weighted by Gasteiger charge is 2.44. The molecule has 0 aliphatic carbocycles. The fourth-order valence-electron chi connectivity index (χ4n) is 5.12. The van der Waals surface area contributed by atoms with Gasteiger partial charge in [-0.1, -0.05) is 6.07 Å². The van der Waals surface area contributed by atoms with Crippen molar-refractivity contribution in [1.82, 2.24) is 14.3 Å². The van der Waals surface area contributed by atoms with Crippen LogP contribution in [0.3, 0.4) is 0 Å². The highest BCUT2D eigenvalue weighted by Crippen LogP contribution is 2.37. The second-order valence-electron chi connectivity index (χ2n) is 9.97. The Morgan fingerprint density at radius 2 is 1.90 bits per heavy atom. The average molecular weight is 580 g/mol. The zero-order valence-electron chi connectivity index (χ0n) is 21.6. The van der Waals surface area contributed by atoms with Gasteiger partial charge in [0.1, 0.15) is 24.0 Å².